The van der Waals surface area contributed by atoms with Crippen LogP contribution in [0, 0.1) is 0 Å². The van der Waals surface area contributed by atoms with E-state index in [2.05, 4.69) is 203 Å². The largest absolute Gasteiger partial charge is 0.309 e. The van der Waals surface area contributed by atoms with Crippen molar-refractivity contribution < 1.29 is 0 Å². The minimum absolute atomic E-state index is 0.680. The lowest BCUT2D eigenvalue weighted by Crippen LogP contribution is -2.01. The van der Waals surface area contributed by atoms with E-state index < -0.39 is 0 Å². The van der Waals surface area contributed by atoms with Gasteiger partial charge in [0.2, 0.25) is 0 Å². The molecule has 0 N–H and O–H groups in total. The Balaban J connectivity index is 1.20. The molecular formula is C52H34N4. The van der Waals surface area contributed by atoms with Gasteiger partial charge in [-0.05, 0) is 59.7 Å². The van der Waals surface area contributed by atoms with Crippen molar-refractivity contribution in [1.29, 1.82) is 0 Å². The molecule has 0 aliphatic heterocycles. The monoisotopic (exact) mass is 714 g/mol. The van der Waals surface area contributed by atoms with Crippen molar-refractivity contribution in [3.63, 3.8) is 0 Å². The van der Waals surface area contributed by atoms with Crippen LogP contribution in [0.15, 0.2) is 206 Å². The van der Waals surface area contributed by atoms with E-state index in [-0.39, 0.29) is 0 Å². The molecule has 262 valence electrons. The molecule has 0 atom stereocenters. The van der Waals surface area contributed by atoms with E-state index >= 15 is 0 Å². The lowest BCUT2D eigenvalue weighted by molar-refractivity contribution is 1.14. The molecule has 4 heteroatoms. The smallest absolute Gasteiger partial charge is 0.162 e. The average Bonchev–Trinajstić information content (AvgIpc) is 3.80. The third kappa shape index (κ3) is 5.15. The van der Waals surface area contributed by atoms with Gasteiger partial charge in [0.1, 0.15) is 0 Å². The van der Waals surface area contributed by atoms with Crippen molar-refractivity contribution >= 4 is 43.6 Å². The number of hydrogen-bond acceptors (Lipinski definition) is 2. The van der Waals surface area contributed by atoms with Crippen LogP contribution in [-0.2, 0) is 0 Å². The van der Waals surface area contributed by atoms with E-state index in [0.717, 1.165) is 50.5 Å². The summed E-state index contributed by atoms with van der Waals surface area (Å²) in [5.41, 5.74) is 14.0. The molecule has 0 saturated heterocycles. The molecule has 11 aromatic rings. The Labute approximate surface area is 324 Å². The third-order valence-corrected chi connectivity index (χ3v) is 10.9. The number of nitrogens with zero attached hydrogens (tertiary/aromatic N) is 4. The average molecular weight is 715 g/mol. The fourth-order valence-electron chi connectivity index (χ4n) is 8.43. The highest BCUT2D eigenvalue weighted by atomic mass is 15.0. The number of hydrogen-bond donors (Lipinski definition) is 0. The molecule has 56 heavy (non-hydrogen) atoms. The van der Waals surface area contributed by atoms with Crippen molar-refractivity contribution in [2.45, 2.75) is 0 Å². The summed E-state index contributed by atoms with van der Waals surface area (Å²) >= 11 is 0. The van der Waals surface area contributed by atoms with Gasteiger partial charge in [-0.2, -0.15) is 0 Å². The summed E-state index contributed by atoms with van der Waals surface area (Å²) in [5, 5.41) is 4.85. The van der Waals surface area contributed by atoms with Gasteiger partial charge in [0.05, 0.1) is 39.1 Å². The fourth-order valence-corrected chi connectivity index (χ4v) is 8.43. The molecular weight excluding hydrogens is 681 g/mol. The molecule has 0 saturated carbocycles. The summed E-state index contributed by atoms with van der Waals surface area (Å²) in [6, 6.07) is 73.1. The maximum absolute atomic E-state index is 5.27. The number of para-hydroxylation sites is 3. The van der Waals surface area contributed by atoms with E-state index in [0.29, 0.717) is 5.82 Å². The Bertz CT molecular complexity index is 3170. The molecule has 0 aliphatic carbocycles. The second kappa shape index (κ2) is 13.1. The van der Waals surface area contributed by atoms with E-state index in [9.17, 15) is 0 Å². The van der Waals surface area contributed by atoms with Crippen molar-refractivity contribution in [3.05, 3.63) is 206 Å². The Morgan fingerprint density at radius 1 is 0.339 bits per heavy atom. The first-order valence-corrected chi connectivity index (χ1v) is 19.0. The minimum Gasteiger partial charge on any atom is -0.309 e. The van der Waals surface area contributed by atoms with Crippen LogP contribution in [0.4, 0.5) is 0 Å². The predicted octanol–water partition coefficient (Wildman–Crippen LogP) is 13.3. The normalized spacial score (nSPS) is 11.6. The Morgan fingerprint density at radius 2 is 0.893 bits per heavy atom. The quantitative estimate of drug-likeness (QED) is 0.172. The van der Waals surface area contributed by atoms with E-state index in [1.54, 1.807) is 0 Å². The summed E-state index contributed by atoms with van der Waals surface area (Å²) < 4.78 is 4.86. The lowest BCUT2D eigenvalue weighted by atomic mass is 10.0. The van der Waals surface area contributed by atoms with Crippen LogP contribution in [0.25, 0.3) is 100 Å². The summed E-state index contributed by atoms with van der Waals surface area (Å²) in [6.07, 6.45) is 0. The maximum Gasteiger partial charge on any atom is 0.162 e. The number of aromatic nitrogens is 4. The number of benzene rings is 8. The minimum atomic E-state index is 0.680. The zero-order valence-corrected chi connectivity index (χ0v) is 30.4. The molecule has 0 amide bonds. The van der Waals surface area contributed by atoms with Gasteiger partial charge < -0.3 is 9.13 Å². The van der Waals surface area contributed by atoms with Crippen LogP contribution < -0.4 is 0 Å². The van der Waals surface area contributed by atoms with Gasteiger partial charge in [-0.1, -0.05) is 158 Å². The zero-order valence-electron chi connectivity index (χ0n) is 30.4. The van der Waals surface area contributed by atoms with Crippen molar-refractivity contribution in [2.75, 3.05) is 0 Å². The highest BCUT2D eigenvalue weighted by molar-refractivity contribution is 6.26. The second-order valence-electron chi connectivity index (χ2n) is 14.2. The topological polar surface area (TPSA) is 35.6 Å². The fraction of sp³-hybridized carbons (Fsp3) is 0. The first-order chi connectivity index (χ1) is 27.8. The summed E-state index contributed by atoms with van der Waals surface area (Å²) in [6.45, 7) is 0. The number of fused-ring (bicyclic) bond motifs is 7. The zero-order chi connectivity index (χ0) is 37.0. The first-order valence-electron chi connectivity index (χ1n) is 19.0. The highest BCUT2D eigenvalue weighted by Crippen LogP contribution is 2.43. The van der Waals surface area contributed by atoms with Crippen molar-refractivity contribution in [1.82, 2.24) is 19.1 Å². The molecule has 3 heterocycles. The van der Waals surface area contributed by atoms with Gasteiger partial charge >= 0.3 is 0 Å². The van der Waals surface area contributed by atoms with Crippen molar-refractivity contribution in [3.8, 4) is 56.4 Å². The number of rotatable bonds is 6. The van der Waals surface area contributed by atoms with Gasteiger partial charge in [-0.15, -0.1) is 0 Å². The van der Waals surface area contributed by atoms with Crippen LogP contribution in [0.2, 0.25) is 0 Å². The predicted molar refractivity (Wildman–Crippen MR) is 232 cm³/mol. The van der Waals surface area contributed by atoms with E-state index in [1.165, 1.54) is 43.7 Å². The SMILES string of the molecule is c1ccc(-c2cccc(-n3c4ccccc4c4ccc5c(c6ccccc6n5-c5ccccc5-c5nc(-c6ccccc6)cc(-c6ccccc6)n5)c43)c2)cc1. The van der Waals surface area contributed by atoms with Gasteiger partial charge in [0.15, 0.2) is 5.82 Å². The van der Waals surface area contributed by atoms with Gasteiger partial charge in [-0.25, -0.2) is 9.97 Å². The van der Waals surface area contributed by atoms with Crippen LogP contribution in [-0.4, -0.2) is 19.1 Å². The molecule has 4 nitrogen and oxygen atoms in total. The second-order valence-corrected chi connectivity index (χ2v) is 14.2. The molecule has 0 radical (unpaired) electrons. The van der Waals surface area contributed by atoms with E-state index in [1.807, 2.05) is 12.1 Å². The highest BCUT2D eigenvalue weighted by Gasteiger charge is 2.23. The van der Waals surface area contributed by atoms with Crippen LogP contribution >= 0.6 is 0 Å². The standard InChI is InChI=1S/C52H34N4/c1-4-17-35(18-5-1)38-23-16-24-39(33-38)55-46-28-13-10-25-40(46)41-31-32-49-50(51(41)55)42-26-11-14-29-47(42)56(49)48-30-15-12-27-43(48)52-53-44(36-19-6-2-7-20-36)34-45(54-52)37-21-8-3-9-22-37/h1-34H. The molecule has 8 aromatic carbocycles. The van der Waals surface area contributed by atoms with Gasteiger partial charge in [-0.3, -0.25) is 0 Å². The summed E-state index contributed by atoms with van der Waals surface area (Å²) in [4.78, 5) is 10.5. The van der Waals surface area contributed by atoms with Crippen LogP contribution in [0.5, 0.6) is 0 Å². The van der Waals surface area contributed by atoms with Crippen LogP contribution in [0.3, 0.4) is 0 Å². The molecule has 3 aromatic heterocycles. The molecule has 0 fully saturated rings. The molecule has 11 rings (SSSR count). The molecule has 0 unspecified atom stereocenters. The Morgan fingerprint density at radius 3 is 1.59 bits per heavy atom. The van der Waals surface area contributed by atoms with Gasteiger partial charge in [0, 0.05) is 43.9 Å². The maximum atomic E-state index is 5.27. The Hall–Kier alpha value is -7.56. The molecule has 0 spiro atoms. The lowest BCUT2D eigenvalue weighted by Gasteiger charge is -2.15. The van der Waals surface area contributed by atoms with Crippen LogP contribution in [0.1, 0.15) is 0 Å². The third-order valence-electron chi connectivity index (χ3n) is 10.9. The van der Waals surface area contributed by atoms with Gasteiger partial charge in [0.25, 0.3) is 0 Å². The molecule has 0 bridgehead atoms. The van der Waals surface area contributed by atoms with Crippen molar-refractivity contribution in [2.24, 2.45) is 0 Å². The molecule has 0 aliphatic rings. The Kier molecular flexibility index (Phi) is 7.46. The van der Waals surface area contributed by atoms with E-state index in [4.69, 9.17) is 9.97 Å². The first kappa shape index (κ1) is 31.9. The summed E-state index contributed by atoms with van der Waals surface area (Å²) in [7, 11) is 0. The summed E-state index contributed by atoms with van der Waals surface area (Å²) in [5.74, 6) is 0.680.